The predicted octanol–water partition coefficient (Wildman–Crippen LogP) is 1.96. The van der Waals surface area contributed by atoms with Crippen LogP contribution in [-0.2, 0) is 9.59 Å². The number of rotatable bonds is 4. The first kappa shape index (κ1) is 13.7. The number of carboxylic acids is 1. The van der Waals surface area contributed by atoms with Gasteiger partial charge in [-0.05, 0) is 24.2 Å². The van der Waals surface area contributed by atoms with Gasteiger partial charge < -0.3 is 10.4 Å². The van der Waals surface area contributed by atoms with Gasteiger partial charge in [-0.1, -0.05) is 32.9 Å². The standard InChI is InChI=1S/C13H21NO3/c1-13(2,3)11(12(16)17)14-10(15)8-9-6-4-5-7-9/h4,6,9,11H,5,7-8H2,1-3H3,(H,14,15)(H,16,17)/t9?,11-/m0/s1. The molecule has 0 saturated carbocycles. The topological polar surface area (TPSA) is 66.4 Å². The number of aliphatic carboxylic acids is 1. The van der Waals surface area contributed by atoms with E-state index in [2.05, 4.69) is 11.4 Å². The minimum atomic E-state index is -0.979. The van der Waals surface area contributed by atoms with Crippen molar-refractivity contribution in [2.45, 2.75) is 46.1 Å². The number of nitrogens with one attached hydrogen (secondary N) is 1. The van der Waals surface area contributed by atoms with Crippen molar-refractivity contribution >= 4 is 11.9 Å². The lowest BCUT2D eigenvalue weighted by Gasteiger charge is -2.28. The average Bonchev–Trinajstić information content (AvgIpc) is 2.64. The molecule has 1 unspecified atom stereocenters. The second kappa shape index (κ2) is 5.34. The summed E-state index contributed by atoms with van der Waals surface area (Å²) in [7, 11) is 0. The van der Waals surface area contributed by atoms with Crippen LogP contribution in [0.1, 0.15) is 40.0 Å². The van der Waals surface area contributed by atoms with Gasteiger partial charge in [-0.3, -0.25) is 4.79 Å². The summed E-state index contributed by atoms with van der Waals surface area (Å²) in [5.74, 6) is -0.888. The molecule has 1 aliphatic rings. The molecule has 0 aliphatic heterocycles. The number of carbonyl (C=O) groups excluding carboxylic acids is 1. The molecule has 0 aromatic heterocycles. The van der Waals surface area contributed by atoms with Crippen LogP contribution in [0.4, 0.5) is 0 Å². The van der Waals surface area contributed by atoms with Crippen molar-refractivity contribution in [1.29, 1.82) is 0 Å². The van der Waals surface area contributed by atoms with Gasteiger partial charge in [0.25, 0.3) is 0 Å². The van der Waals surface area contributed by atoms with E-state index in [0.29, 0.717) is 6.42 Å². The third-order valence-corrected chi connectivity index (χ3v) is 2.98. The monoisotopic (exact) mass is 239 g/mol. The average molecular weight is 239 g/mol. The van der Waals surface area contributed by atoms with E-state index in [1.165, 1.54) is 0 Å². The van der Waals surface area contributed by atoms with Crippen LogP contribution >= 0.6 is 0 Å². The third-order valence-electron chi connectivity index (χ3n) is 2.98. The maximum atomic E-state index is 11.8. The maximum Gasteiger partial charge on any atom is 0.326 e. The second-order valence-electron chi connectivity index (χ2n) is 5.67. The van der Waals surface area contributed by atoms with Gasteiger partial charge in [0.1, 0.15) is 6.04 Å². The molecule has 0 saturated heterocycles. The molecule has 4 nitrogen and oxygen atoms in total. The summed E-state index contributed by atoms with van der Waals surface area (Å²) in [6.45, 7) is 5.42. The van der Waals surface area contributed by atoms with Crippen molar-refractivity contribution in [3.8, 4) is 0 Å². The number of hydrogen-bond acceptors (Lipinski definition) is 2. The molecule has 17 heavy (non-hydrogen) atoms. The molecule has 0 heterocycles. The molecular weight excluding hydrogens is 218 g/mol. The first-order valence-corrected chi connectivity index (χ1v) is 5.99. The van der Waals surface area contributed by atoms with Crippen molar-refractivity contribution in [2.24, 2.45) is 11.3 Å². The summed E-state index contributed by atoms with van der Waals surface area (Å²) in [6.07, 6.45) is 6.49. The van der Waals surface area contributed by atoms with Crippen LogP contribution < -0.4 is 5.32 Å². The summed E-state index contributed by atoms with van der Waals surface area (Å²) in [5.41, 5.74) is -0.479. The number of amides is 1. The Morgan fingerprint density at radius 1 is 1.47 bits per heavy atom. The summed E-state index contributed by atoms with van der Waals surface area (Å²) in [4.78, 5) is 22.8. The zero-order valence-electron chi connectivity index (χ0n) is 10.7. The quantitative estimate of drug-likeness (QED) is 0.737. The Bertz CT molecular complexity index is 328. The molecule has 0 fully saturated rings. The van der Waals surface area contributed by atoms with Crippen molar-refractivity contribution in [1.82, 2.24) is 5.32 Å². The number of carboxylic acid groups (broad SMARTS) is 1. The highest BCUT2D eigenvalue weighted by Crippen LogP contribution is 2.22. The first-order valence-electron chi connectivity index (χ1n) is 5.99. The SMILES string of the molecule is CC(C)(C)[C@@H](NC(=O)CC1C=CCC1)C(=O)O. The fourth-order valence-electron chi connectivity index (χ4n) is 1.97. The fourth-order valence-corrected chi connectivity index (χ4v) is 1.97. The van der Waals surface area contributed by atoms with E-state index in [9.17, 15) is 9.59 Å². The van der Waals surface area contributed by atoms with E-state index >= 15 is 0 Å². The van der Waals surface area contributed by atoms with Gasteiger partial charge in [-0.15, -0.1) is 0 Å². The molecule has 2 atom stereocenters. The molecule has 4 heteroatoms. The Balaban J connectivity index is 2.52. The van der Waals surface area contributed by atoms with Gasteiger partial charge in [0.15, 0.2) is 0 Å². The molecule has 1 rings (SSSR count). The second-order valence-corrected chi connectivity index (χ2v) is 5.67. The van der Waals surface area contributed by atoms with Gasteiger partial charge in [0, 0.05) is 6.42 Å². The Morgan fingerprint density at radius 2 is 2.12 bits per heavy atom. The molecule has 1 amide bonds. The molecule has 96 valence electrons. The van der Waals surface area contributed by atoms with Crippen LogP contribution in [0.2, 0.25) is 0 Å². The lowest BCUT2D eigenvalue weighted by atomic mass is 9.86. The van der Waals surface area contributed by atoms with Crippen molar-refractivity contribution in [3.63, 3.8) is 0 Å². The van der Waals surface area contributed by atoms with Crippen LogP contribution in [0.25, 0.3) is 0 Å². The Labute approximate surface area is 102 Å². The summed E-state index contributed by atoms with van der Waals surface area (Å²) in [6, 6.07) is -0.833. The lowest BCUT2D eigenvalue weighted by Crippen LogP contribution is -2.49. The Morgan fingerprint density at radius 3 is 2.53 bits per heavy atom. The van der Waals surface area contributed by atoms with Crippen LogP contribution in [-0.4, -0.2) is 23.0 Å². The summed E-state index contributed by atoms with van der Waals surface area (Å²) in [5, 5.41) is 11.7. The molecule has 1 aliphatic carbocycles. The molecule has 0 radical (unpaired) electrons. The normalized spacial score (nSPS) is 21.2. The lowest BCUT2D eigenvalue weighted by molar-refractivity contribution is -0.145. The molecule has 2 N–H and O–H groups in total. The Kier molecular flexibility index (Phi) is 4.32. The summed E-state index contributed by atoms with van der Waals surface area (Å²) < 4.78 is 0. The molecular formula is C13H21NO3. The third kappa shape index (κ3) is 4.21. The molecule has 0 spiro atoms. The van der Waals surface area contributed by atoms with Crippen LogP contribution in [0.5, 0.6) is 0 Å². The fraction of sp³-hybridized carbons (Fsp3) is 0.692. The maximum absolute atomic E-state index is 11.8. The van der Waals surface area contributed by atoms with E-state index in [4.69, 9.17) is 5.11 Å². The molecule has 0 aromatic rings. The largest absolute Gasteiger partial charge is 0.480 e. The minimum Gasteiger partial charge on any atom is -0.480 e. The van der Waals surface area contributed by atoms with Gasteiger partial charge in [0.2, 0.25) is 5.91 Å². The molecule has 0 aromatic carbocycles. The highest BCUT2D eigenvalue weighted by molar-refractivity contribution is 5.84. The molecule has 0 bridgehead atoms. The van der Waals surface area contributed by atoms with Crippen LogP contribution in [0, 0.1) is 11.3 Å². The minimum absolute atomic E-state index is 0.177. The number of allylic oxidation sites excluding steroid dienone is 2. The Hall–Kier alpha value is -1.32. The van der Waals surface area contributed by atoms with E-state index < -0.39 is 17.4 Å². The van der Waals surface area contributed by atoms with Crippen molar-refractivity contribution < 1.29 is 14.7 Å². The van der Waals surface area contributed by atoms with E-state index in [0.717, 1.165) is 12.8 Å². The van der Waals surface area contributed by atoms with E-state index in [1.54, 1.807) is 0 Å². The first-order chi connectivity index (χ1) is 7.80. The van der Waals surface area contributed by atoms with Crippen LogP contribution in [0.3, 0.4) is 0 Å². The van der Waals surface area contributed by atoms with Gasteiger partial charge in [-0.25, -0.2) is 4.79 Å². The van der Waals surface area contributed by atoms with Crippen molar-refractivity contribution in [3.05, 3.63) is 12.2 Å². The highest BCUT2D eigenvalue weighted by Gasteiger charge is 2.32. The number of hydrogen-bond donors (Lipinski definition) is 2. The van der Waals surface area contributed by atoms with Gasteiger partial charge in [-0.2, -0.15) is 0 Å². The zero-order chi connectivity index (χ0) is 13.1. The van der Waals surface area contributed by atoms with Gasteiger partial charge in [0.05, 0.1) is 0 Å². The predicted molar refractivity (Wildman–Crippen MR) is 65.5 cm³/mol. The zero-order valence-corrected chi connectivity index (χ0v) is 10.7. The highest BCUT2D eigenvalue weighted by atomic mass is 16.4. The van der Waals surface area contributed by atoms with Gasteiger partial charge >= 0.3 is 5.97 Å². The smallest absolute Gasteiger partial charge is 0.326 e. The van der Waals surface area contributed by atoms with Crippen LogP contribution in [0.15, 0.2) is 12.2 Å². The number of carbonyl (C=O) groups is 2. The van der Waals surface area contributed by atoms with E-state index in [1.807, 2.05) is 26.8 Å². The van der Waals surface area contributed by atoms with E-state index in [-0.39, 0.29) is 11.8 Å². The summed E-state index contributed by atoms with van der Waals surface area (Å²) >= 11 is 0. The van der Waals surface area contributed by atoms with Crippen molar-refractivity contribution in [2.75, 3.05) is 0 Å².